The molecule has 1 fully saturated rings. The van der Waals surface area contributed by atoms with E-state index >= 15 is 0 Å². The lowest BCUT2D eigenvalue weighted by Gasteiger charge is -2.13. The number of hydrogen-bond acceptors (Lipinski definition) is 3. The third-order valence-electron chi connectivity index (χ3n) is 5.65. The van der Waals surface area contributed by atoms with Crippen LogP contribution in [0.3, 0.4) is 0 Å². The monoisotopic (exact) mass is 386 g/mol. The SMILES string of the molecule is Cc1ccccc1Cn1cnc2c1c(=O)n(CC1CC1)c(=O)n2-c1ccccc1. The highest BCUT2D eigenvalue weighted by Gasteiger charge is 2.26. The van der Waals surface area contributed by atoms with Crippen molar-refractivity contribution in [3.8, 4) is 5.69 Å². The summed E-state index contributed by atoms with van der Waals surface area (Å²) in [4.78, 5) is 31.1. The number of aromatic nitrogens is 4. The van der Waals surface area contributed by atoms with Gasteiger partial charge in [0.25, 0.3) is 5.56 Å². The molecule has 2 heterocycles. The highest BCUT2D eigenvalue weighted by atomic mass is 16.2. The van der Waals surface area contributed by atoms with Crippen molar-refractivity contribution < 1.29 is 0 Å². The van der Waals surface area contributed by atoms with Crippen molar-refractivity contribution in [3.63, 3.8) is 0 Å². The highest BCUT2D eigenvalue weighted by Crippen LogP contribution is 2.30. The lowest BCUT2D eigenvalue weighted by atomic mass is 10.1. The molecule has 5 rings (SSSR count). The predicted molar refractivity (Wildman–Crippen MR) is 113 cm³/mol. The van der Waals surface area contributed by atoms with E-state index in [1.165, 1.54) is 4.57 Å². The van der Waals surface area contributed by atoms with Crippen molar-refractivity contribution in [2.75, 3.05) is 0 Å². The summed E-state index contributed by atoms with van der Waals surface area (Å²) in [6.07, 6.45) is 3.80. The lowest BCUT2D eigenvalue weighted by Crippen LogP contribution is -2.40. The molecule has 6 nitrogen and oxygen atoms in total. The Bertz CT molecular complexity index is 1310. The van der Waals surface area contributed by atoms with Crippen molar-refractivity contribution >= 4 is 11.2 Å². The van der Waals surface area contributed by atoms with E-state index in [2.05, 4.69) is 24.0 Å². The number of nitrogens with zero attached hydrogens (tertiary/aromatic N) is 4. The first-order valence-corrected chi connectivity index (χ1v) is 9.94. The predicted octanol–water partition coefficient (Wildman–Crippen LogP) is 3.12. The van der Waals surface area contributed by atoms with E-state index in [0.717, 1.165) is 24.0 Å². The second-order valence-electron chi connectivity index (χ2n) is 7.78. The summed E-state index contributed by atoms with van der Waals surface area (Å²) in [7, 11) is 0. The van der Waals surface area contributed by atoms with Gasteiger partial charge in [0.2, 0.25) is 0 Å². The Morgan fingerprint density at radius 3 is 2.45 bits per heavy atom. The third kappa shape index (κ3) is 3.10. The summed E-state index contributed by atoms with van der Waals surface area (Å²) < 4.78 is 4.82. The molecule has 0 aliphatic heterocycles. The largest absolute Gasteiger partial charge is 0.337 e. The van der Waals surface area contributed by atoms with Gasteiger partial charge in [0.15, 0.2) is 11.2 Å². The number of rotatable bonds is 5. The van der Waals surface area contributed by atoms with Gasteiger partial charge in [-0.25, -0.2) is 14.3 Å². The number of para-hydroxylation sites is 1. The van der Waals surface area contributed by atoms with Crippen LogP contribution < -0.4 is 11.2 Å². The molecular formula is C23H22N4O2. The fourth-order valence-electron chi connectivity index (χ4n) is 3.80. The molecule has 2 aromatic carbocycles. The van der Waals surface area contributed by atoms with Crippen molar-refractivity contribution in [3.05, 3.63) is 92.9 Å². The van der Waals surface area contributed by atoms with Gasteiger partial charge in [-0.1, -0.05) is 42.5 Å². The quantitative estimate of drug-likeness (QED) is 0.529. The second-order valence-corrected chi connectivity index (χ2v) is 7.78. The summed E-state index contributed by atoms with van der Waals surface area (Å²) >= 11 is 0. The Morgan fingerprint density at radius 1 is 1.00 bits per heavy atom. The van der Waals surface area contributed by atoms with Gasteiger partial charge in [0, 0.05) is 13.1 Å². The summed E-state index contributed by atoms with van der Waals surface area (Å²) in [5.41, 5.74) is 3.30. The molecule has 0 atom stereocenters. The van der Waals surface area contributed by atoms with Crippen LogP contribution in [-0.2, 0) is 13.1 Å². The first kappa shape index (κ1) is 17.7. The zero-order valence-corrected chi connectivity index (χ0v) is 16.3. The van der Waals surface area contributed by atoms with Crippen molar-refractivity contribution in [2.24, 2.45) is 5.92 Å². The van der Waals surface area contributed by atoms with E-state index in [0.29, 0.717) is 35.9 Å². The van der Waals surface area contributed by atoms with E-state index < -0.39 is 0 Å². The van der Waals surface area contributed by atoms with Gasteiger partial charge in [0.1, 0.15) is 0 Å². The van der Waals surface area contributed by atoms with Gasteiger partial charge < -0.3 is 4.57 Å². The van der Waals surface area contributed by atoms with Crippen LogP contribution in [0.4, 0.5) is 0 Å². The maximum atomic E-state index is 13.3. The standard InChI is InChI=1S/C23H22N4O2/c1-16-7-5-6-8-18(16)14-25-15-24-21-20(25)22(28)26(13-17-11-12-17)23(29)27(21)19-9-3-2-4-10-19/h2-10,15,17H,11-14H2,1H3. The van der Waals surface area contributed by atoms with Crippen molar-refractivity contribution in [2.45, 2.75) is 32.9 Å². The molecule has 1 saturated carbocycles. The molecule has 2 aromatic heterocycles. The molecule has 0 amide bonds. The van der Waals surface area contributed by atoms with Crippen LogP contribution in [0.5, 0.6) is 0 Å². The average Bonchev–Trinajstić information content (AvgIpc) is 3.46. The molecule has 0 saturated heterocycles. The molecule has 4 aromatic rings. The lowest BCUT2D eigenvalue weighted by molar-refractivity contribution is 0.567. The van der Waals surface area contributed by atoms with Gasteiger partial charge in [-0.3, -0.25) is 9.36 Å². The van der Waals surface area contributed by atoms with Crippen LogP contribution in [0.15, 0.2) is 70.5 Å². The fourth-order valence-corrected chi connectivity index (χ4v) is 3.80. The molecule has 0 N–H and O–H groups in total. The summed E-state index contributed by atoms with van der Waals surface area (Å²) in [5.74, 6) is 0.412. The van der Waals surface area contributed by atoms with Gasteiger partial charge in [0.05, 0.1) is 12.0 Å². The number of fused-ring (bicyclic) bond motifs is 1. The number of benzene rings is 2. The van der Waals surface area contributed by atoms with Crippen LogP contribution >= 0.6 is 0 Å². The summed E-state index contributed by atoms with van der Waals surface area (Å²) in [6, 6.07) is 17.5. The Labute approximate surface area is 167 Å². The molecule has 0 bridgehead atoms. The first-order valence-electron chi connectivity index (χ1n) is 9.94. The van der Waals surface area contributed by atoms with Gasteiger partial charge in [-0.05, 0) is 48.9 Å². The normalized spacial score (nSPS) is 13.8. The molecule has 29 heavy (non-hydrogen) atoms. The topological polar surface area (TPSA) is 61.8 Å². The minimum atomic E-state index is -0.318. The highest BCUT2D eigenvalue weighted by molar-refractivity contribution is 5.72. The van der Waals surface area contributed by atoms with Crippen LogP contribution in [0, 0.1) is 12.8 Å². The van der Waals surface area contributed by atoms with Crippen LogP contribution in [0.25, 0.3) is 16.9 Å². The minimum absolute atomic E-state index is 0.254. The van der Waals surface area contributed by atoms with E-state index in [1.807, 2.05) is 47.0 Å². The Kier molecular flexibility index (Phi) is 4.19. The minimum Gasteiger partial charge on any atom is -0.320 e. The van der Waals surface area contributed by atoms with Crippen LogP contribution in [-0.4, -0.2) is 18.7 Å². The second kappa shape index (κ2) is 6.88. The first-order chi connectivity index (χ1) is 14.1. The molecular weight excluding hydrogens is 364 g/mol. The Hall–Kier alpha value is -3.41. The van der Waals surface area contributed by atoms with Gasteiger partial charge in [-0.15, -0.1) is 0 Å². The number of aryl methyl sites for hydroxylation is 1. The van der Waals surface area contributed by atoms with Crippen LogP contribution in [0.1, 0.15) is 24.0 Å². The van der Waals surface area contributed by atoms with E-state index in [9.17, 15) is 9.59 Å². The third-order valence-corrected chi connectivity index (χ3v) is 5.65. The molecule has 1 aliphatic carbocycles. The number of hydrogen-bond donors (Lipinski definition) is 0. The average molecular weight is 386 g/mol. The van der Waals surface area contributed by atoms with Gasteiger partial charge in [-0.2, -0.15) is 0 Å². The Morgan fingerprint density at radius 2 is 1.72 bits per heavy atom. The molecule has 1 aliphatic rings. The smallest absolute Gasteiger partial charge is 0.320 e. The van der Waals surface area contributed by atoms with E-state index in [1.54, 1.807) is 10.9 Å². The maximum Gasteiger partial charge on any atom is 0.337 e. The zero-order chi connectivity index (χ0) is 20.0. The fraction of sp³-hybridized carbons (Fsp3) is 0.261. The number of imidazole rings is 1. The van der Waals surface area contributed by atoms with Crippen LogP contribution in [0.2, 0.25) is 0 Å². The van der Waals surface area contributed by atoms with Gasteiger partial charge >= 0.3 is 5.69 Å². The molecule has 6 heteroatoms. The van der Waals surface area contributed by atoms with Crippen molar-refractivity contribution in [1.82, 2.24) is 18.7 Å². The zero-order valence-electron chi connectivity index (χ0n) is 16.3. The molecule has 146 valence electrons. The van der Waals surface area contributed by atoms with E-state index in [4.69, 9.17) is 0 Å². The molecule has 0 radical (unpaired) electrons. The summed E-state index contributed by atoms with van der Waals surface area (Å²) in [6.45, 7) is 3.06. The van der Waals surface area contributed by atoms with Crippen molar-refractivity contribution in [1.29, 1.82) is 0 Å². The Balaban J connectivity index is 1.76. The van der Waals surface area contributed by atoms with E-state index in [-0.39, 0.29) is 11.2 Å². The molecule has 0 unspecified atom stereocenters. The maximum absolute atomic E-state index is 13.3. The summed E-state index contributed by atoms with van der Waals surface area (Å²) in [5, 5.41) is 0. The molecule has 0 spiro atoms.